The summed E-state index contributed by atoms with van der Waals surface area (Å²) in [7, 11) is 2.26. The molecule has 18 heavy (non-hydrogen) atoms. The Balaban J connectivity index is 2.88. The minimum Gasteiger partial charge on any atom is -0.368 e. The summed E-state index contributed by atoms with van der Waals surface area (Å²) >= 11 is 0. The molecule has 1 rings (SSSR count). The molecule has 0 radical (unpaired) electrons. The van der Waals surface area contributed by atoms with Crippen molar-refractivity contribution in [2.24, 2.45) is 0 Å². The molecule has 0 bridgehead atoms. The highest BCUT2D eigenvalue weighted by molar-refractivity contribution is 7.90. The van der Waals surface area contributed by atoms with E-state index in [1.54, 1.807) is 30.9 Å². The van der Waals surface area contributed by atoms with Crippen molar-refractivity contribution in [3.05, 3.63) is 0 Å². The molecule has 0 aliphatic heterocycles. The Hall–Kier alpha value is -1.64. The molecule has 0 saturated heterocycles. The highest BCUT2D eigenvalue weighted by Crippen LogP contribution is 2.12. The summed E-state index contributed by atoms with van der Waals surface area (Å²) in [6, 6.07) is 0. The average Bonchev–Trinajstić information content (AvgIpc) is 2.23. The number of nitrogens with zero attached hydrogens (tertiary/aromatic N) is 5. The van der Waals surface area contributed by atoms with Gasteiger partial charge in [-0.1, -0.05) is 0 Å². The second-order valence-electron chi connectivity index (χ2n) is 4.24. The van der Waals surface area contributed by atoms with Crippen molar-refractivity contribution in [3.8, 4) is 0 Å². The van der Waals surface area contributed by atoms with Crippen LogP contribution in [0.5, 0.6) is 0 Å². The molecular formula is C9H18N6O2S. The van der Waals surface area contributed by atoms with Crippen LogP contribution >= 0.6 is 0 Å². The molecular weight excluding hydrogens is 256 g/mol. The molecule has 0 aliphatic carbocycles. The van der Waals surface area contributed by atoms with Gasteiger partial charge in [0.1, 0.15) is 9.84 Å². The third-order valence-corrected chi connectivity index (χ3v) is 3.09. The van der Waals surface area contributed by atoms with Crippen molar-refractivity contribution in [1.82, 2.24) is 15.0 Å². The lowest BCUT2D eigenvalue weighted by Gasteiger charge is -2.18. The second kappa shape index (κ2) is 5.34. The van der Waals surface area contributed by atoms with Crippen LogP contribution in [0.15, 0.2) is 0 Å². The van der Waals surface area contributed by atoms with Gasteiger partial charge in [-0.3, -0.25) is 0 Å². The van der Waals surface area contributed by atoms with Crippen molar-refractivity contribution in [2.45, 2.75) is 0 Å². The van der Waals surface area contributed by atoms with Gasteiger partial charge in [-0.05, 0) is 0 Å². The van der Waals surface area contributed by atoms with Crippen LogP contribution in [0.25, 0.3) is 0 Å². The van der Waals surface area contributed by atoms with Crippen molar-refractivity contribution in [2.75, 3.05) is 55.2 Å². The third-order valence-electron chi connectivity index (χ3n) is 2.17. The Morgan fingerprint density at radius 1 is 1.11 bits per heavy atom. The summed E-state index contributed by atoms with van der Waals surface area (Å²) in [5, 5.41) is 0. The summed E-state index contributed by atoms with van der Waals surface area (Å²) in [5.74, 6) is 0.931. The number of sulfone groups is 1. The van der Waals surface area contributed by atoms with E-state index in [-0.39, 0.29) is 11.7 Å². The minimum atomic E-state index is -3.02. The molecule has 102 valence electrons. The first-order chi connectivity index (χ1) is 8.19. The van der Waals surface area contributed by atoms with Crippen LogP contribution in [0.2, 0.25) is 0 Å². The second-order valence-corrected chi connectivity index (χ2v) is 6.50. The van der Waals surface area contributed by atoms with Crippen LogP contribution in [-0.2, 0) is 9.84 Å². The van der Waals surface area contributed by atoms with Crippen LogP contribution in [-0.4, -0.2) is 63.1 Å². The normalized spacial score (nSPS) is 11.3. The summed E-state index contributed by atoms with van der Waals surface area (Å²) in [6.45, 7) is 0.301. The quantitative estimate of drug-likeness (QED) is 0.729. The van der Waals surface area contributed by atoms with Crippen molar-refractivity contribution in [1.29, 1.82) is 0 Å². The molecule has 0 atom stereocenters. The number of nitrogen functional groups attached to an aromatic ring is 1. The molecule has 1 aromatic rings. The fourth-order valence-corrected chi connectivity index (χ4v) is 1.75. The first-order valence-corrected chi connectivity index (χ1v) is 7.33. The van der Waals surface area contributed by atoms with Gasteiger partial charge in [0, 0.05) is 33.9 Å². The largest absolute Gasteiger partial charge is 0.368 e. The molecule has 0 aliphatic rings. The number of hydrogen-bond acceptors (Lipinski definition) is 8. The number of rotatable bonds is 5. The number of aromatic nitrogens is 3. The van der Waals surface area contributed by atoms with E-state index in [1.807, 2.05) is 0 Å². The molecule has 1 aromatic heterocycles. The van der Waals surface area contributed by atoms with E-state index < -0.39 is 9.84 Å². The standard InChI is InChI=1S/C9H18N6O2S/c1-14(2)8-11-7(10)12-9(13-8)15(3)5-6-18(4,16)17/h5-6H2,1-4H3,(H2,10,11,12,13). The Kier molecular flexibility index (Phi) is 4.28. The zero-order valence-electron chi connectivity index (χ0n) is 11.0. The van der Waals surface area contributed by atoms with Gasteiger partial charge in [0.15, 0.2) is 0 Å². The molecule has 8 nitrogen and oxygen atoms in total. The van der Waals surface area contributed by atoms with E-state index in [0.717, 1.165) is 0 Å². The van der Waals surface area contributed by atoms with Crippen molar-refractivity contribution in [3.63, 3.8) is 0 Å². The molecule has 0 aromatic carbocycles. The Bertz CT molecular complexity index is 516. The zero-order chi connectivity index (χ0) is 13.9. The number of hydrogen-bond donors (Lipinski definition) is 1. The first kappa shape index (κ1) is 14.4. The van der Waals surface area contributed by atoms with Crippen LogP contribution in [0.4, 0.5) is 17.8 Å². The topological polar surface area (TPSA) is 105 Å². The lowest BCUT2D eigenvalue weighted by molar-refractivity contribution is 0.601. The molecule has 0 amide bonds. The van der Waals surface area contributed by atoms with Crippen molar-refractivity contribution < 1.29 is 8.42 Å². The van der Waals surface area contributed by atoms with Gasteiger partial charge in [0.2, 0.25) is 17.8 Å². The average molecular weight is 274 g/mol. The molecule has 0 saturated carbocycles. The first-order valence-electron chi connectivity index (χ1n) is 5.27. The van der Waals surface area contributed by atoms with Gasteiger partial charge < -0.3 is 15.5 Å². The smallest absolute Gasteiger partial charge is 0.231 e. The van der Waals surface area contributed by atoms with E-state index in [0.29, 0.717) is 18.4 Å². The summed E-state index contributed by atoms with van der Waals surface area (Å²) in [5.41, 5.74) is 5.58. The van der Waals surface area contributed by atoms with Gasteiger partial charge in [-0.25, -0.2) is 8.42 Å². The highest BCUT2D eigenvalue weighted by Gasteiger charge is 2.12. The van der Waals surface area contributed by atoms with Gasteiger partial charge in [-0.15, -0.1) is 0 Å². The predicted octanol–water partition coefficient (Wildman–Crippen LogP) is -0.999. The maximum Gasteiger partial charge on any atom is 0.231 e. The summed E-state index contributed by atoms with van der Waals surface area (Å²) in [4.78, 5) is 15.5. The summed E-state index contributed by atoms with van der Waals surface area (Å²) in [6.07, 6.45) is 1.19. The molecule has 0 unspecified atom stereocenters. The highest BCUT2D eigenvalue weighted by atomic mass is 32.2. The van der Waals surface area contributed by atoms with Gasteiger partial charge in [0.05, 0.1) is 5.75 Å². The molecule has 9 heteroatoms. The van der Waals surface area contributed by atoms with Gasteiger partial charge in [-0.2, -0.15) is 15.0 Å². The Labute approximate surface area is 107 Å². The molecule has 2 N–H and O–H groups in total. The Morgan fingerprint density at radius 2 is 1.67 bits per heavy atom. The van der Waals surface area contributed by atoms with Crippen molar-refractivity contribution >= 4 is 27.7 Å². The monoisotopic (exact) mass is 274 g/mol. The molecule has 0 fully saturated rings. The van der Waals surface area contributed by atoms with Gasteiger partial charge >= 0.3 is 0 Å². The van der Waals surface area contributed by atoms with Crippen LogP contribution in [0, 0.1) is 0 Å². The lowest BCUT2D eigenvalue weighted by Crippen LogP contribution is -2.28. The SMILES string of the molecule is CN(C)c1nc(N)nc(N(C)CCS(C)(=O)=O)n1. The van der Waals surface area contributed by atoms with Gasteiger partial charge in [0.25, 0.3) is 0 Å². The number of nitrogens with two attached hydrogens (primary N) is 1. The van der Waals surface area contributed by atoms with E-state index in [4.69, 9.17) is 5.73 Å². The van der Waals surface area contributed by atoms with E-state index >= 15 is 0 Å². The molecule has 1 heterocycles. The van der Waals surface area contributed by atoms with E-state index in [9.17, 15) is 8.42 Å². The number of anilines is 3. The predicted molar refractivity (Wildman–Crippen MR) is 71.5 cm³/mol. The van der Waals surface area contributed by atoms with Crippen LogP contribution < -0.4 is 15.5 Å². The summed E-state index contributed by atoms with van der Waals surface area (Å²) < 4.78 is 22.2. The third kappa shape index (κ3) is 4.32. The fourth-order valence-electron chi connectivity index (χ4n) is 1.14. The molecule has 0 spiro atoms. The maximum atomic E-state index is 11.1. The minimum absolute atomic E-state index is 0.0341. The maximum absolute atomic E-state index is 11.1. The Morgan fingerprint density at radius 3 is 2.17 bits per heavy atom. The fraction of sp³-hybridized carbons (Fsp3) is 0.667. The lowest BCUT2D eigenvalue weighted by atomic mass is 10.6. The van der Waals surface area contributed by atoms with Crippen LogP contribution in [0.3, 0.4) is 0 Å². The van der Waals surface area contributed by atoms with Crippen LogP contribution in [0.1, 0.15) is 0 Å². The van der Waals surface area contributed by atoms with E-state index in [2.05, 4.69) is 15.0 Å². The zero-order valence-corrected chi connectivity index (χ0v) is 11.8. The van der Waals surface area contributed by atoms with E-state index in [1.165, 1.54) is 6.26 Å².